The smallest absolute Gasteiger partial charge is 0.228 e. The van der Waals surface area contributed by atoms with Gasteiger partial charge in [-0.25, -0.2) is 9.37 Å². The molecule has 0 spiro atoms. The third-order valence-corrected chi connectivity index (χ3v) is 4.95. The van der Waals surface area contributed by atoms with E-state index in [1.807, 2.05) is 13.8 Å². The molecule has 10 heteroatoms. The van der Waals surface area contributed by atoms with Crippen molar-refractivity contribution >= 4 is 45.6 Å². The van der Waals surface area contributed by atoms with E-state index in [9.17, 15) is 4.79 Å². The summed E-state index contributed by atoms with van der Waals surface area (Å²) in [4.78, 5) is 20.7. The normalized spacial score (nSPS) is 11.7. The minimum absolute atomic E-state index is 0.00723. The lowest BCUT2D eigenvalue weighted by molar-refractivity contribution is -0.118. The summed E-state index contributed by atoms with van der Waals surface area (Å²) in [6.07, 6.45) is 6.50. The molecule has 0 aliphatic heterocycles. The van der Waals surface area contributed by atoms with Crippen molar-refractivity contribution in [3.05, 3.63) is 35.6 Å². The number of nitrogens with one attached hydrogen (secondary N) is 3. The Kier molecular flexibility index (Phi) is 5.07. The second-order valence-electron chi connectivity index (χ2n) is 7.64. The van der Waals surface area contributed by atoms with E-state index in [0.717, 1.165) is 0 Å². The van der Waals surface area contributed by atoms with Crippen LogP contribution in [0.5, 0.6) is 0 Å². The van der Waals surface area contributed by atoms with Crippen molar-refractivity contribution in [2.24, 2.45) is 5.92 Å². The fraction of sp³-hybridized carbons (Fsp3) is 0.300. The van der Waals surface area contributed by atoms with Crippen molar-refractivity contribution < 1.29 is 9.18 Å². The van der Waals surface area contributed by atoms with Crippen molar-refractivity contribution in [1.82, 2.24) is 24.6 Å². The molecule has 0 bridgehead atoms. The van der Waals surface area contributed by atoms with Gasteiger partial charge in [-0.2, -0.15) is 5.10 Å². The number of imidazole rings is 1. The molecule has 8 nitrogen and oxygen atoms in total. The Morgan fingerprint density at radius 3 is 2.70 bits per heavy atom. The lowest BCUT2D eigenvalue weighted by Crippen LogP contribution is -2.17. The predicted molar refractivity (Wildman–Crippen MR) is 115 cm³/mol. The van der Waals surface area contributed by atoms with E-state index in [0.29, 0.717) is 33.6 Å². The highest BCUT2D eigenvalue weighted by Gasteiger charge is 2.23. The Bertz CT molecular complexity index is 1260. The number of nitrogens with zero attached hydrogens (tertiary/aromatic N) is 4. The molecule has 0 radical (unpaired) electrons. The molecule has 4 aromatic rings. The lowest BCUT2D eigenvalue weighted by atomic mass is 10.1. The summed E-state index contributed by atoms with van der Waals surface area (Å²) in [7, 11) is 0. The molecule has 0 saturated heterocycles. The molecule has 4 rings (SSSR count). The number of carbonyl (C=O) groups excluding carboxylic acids is 1. The Morgan fingerprint density at radius 2 is 2.00 bits per heavy atom. The number of hydrogen-bond acceptors (Lipinski definition) is 5. The number of carbonyl (C=O) groups is 1. The van der Waals surface area contributed by atoms with Gasteiger partial charge in [-0.15, -0.1) is 0 Å². The van der Waals surface area contributed by atoms with Gasteiger partial charge in [0, 0.05) is 29.1 Å². The van der Waals surface area contributed by atoms with E-state index < -0.39 is 5.82 Å². The van der Waals surface area contributed by atoms with Crippen LogP contribution in [-0.2, 0) is 4.79 Å². The van der Waals surface area contributed by atoms with Crippen LogP contribution in [0.15, 0.2) is 24.8 Å². The van der Waals surface area contributed by atoms with Gasteiger partial charge in [-0.3, -0.25) is 14.9 Å². The van der Waals surface area contributed by atoms with Gasteiger partial charge >= 0.3 is 0 Å². The molecule has 0 saturated carbocycles. The molecule has 1 amide bonds. The molecule has 0 unspecified atom stereocenters. The van der Waals surface area contributed by atoms with Crippen molar-refractivity contribution in [2.75, 3.05) is 10.6 Å². The van der Waals surface area contributed by atoms with Crippen LogP contribution in [0.4, 0.5) is 15.9 Å². The fourth-order valence-electron chi connectivity index (χ4n) is 3.15. The van der Waals surface area contributed by atoms with Gasteiger partial charge in [0.2, 0.25) is 5.91 Å². The maximum absolute atomic E-state index is 15.1. The maximum Gasteiger partial charge on any atom is 0.228 e. The molecule has 3 N–H and O–H groups in total. The van der Waals surface area contributed by atoms with Crippen LogP contribution >= 0.6 is 11.6 Å². The zero-order valence-electron chi connectivity index (χ0n) is 16.9. The average Bonchev–Trinajstić information content (AvgIpc) is 3.31. The number of aromatic nitrogens is 5. The van der Waals surface area contributed by atoms with Crippen LogP contribution in [0.1, 0.15) is 27.7 Å². The van der Waals surface area contributed by atoms with Gasteiger partial charge in [0.25, 0.3) is 0 Å². The molecule has 0 atom stereocenters. The largest absolute Gasteiger partial charge is 0.379 e. The maximum atomic E-state index is 15.1. The van der Waals surface area contributed by atoms with Gasteiger partial charge in [0.15, 0.2) is 17.3 Å². The molecule has 156 valence electrons. The van der Waals surface area contributed by atoms with E-state index in [2.05, 4.69) is 30.8 Å². The van der Waals surface area contributed by atoms with Crippen LogP contribution in [0.2, 0.25) is 5.02 Å². The highest BCUT2D eigenvalue weighted by molar-refractivity contribution is 6.35. The summed E-state index contributed by atoms with van der Waals surface area (Å²) in [6.45, 7) is 7.42. The SMILES string of the molecule is CC(C)Nc1c(F)c(Cl)c(-c2cn3cc(NC(=O)C(C)C)nc3cn2)c2cn[nH]c12. The first kappa shape index (κ1) is 20.1. The van der Waals surface area contributed by atoms with Gasteiger partial charge in [-0.05, 0) is 13.8 Å². The number of rotatable bonds is 5. The van der Waals surface area contributed by atoms with E-state index in [-0.39, 0.29) is 28.6 Å². The standard InChI is InChI=1S/C20H21ClFN7O/c1-9(2)20(30)27-13-8-29-7-12(23-6-14(29)26-13)15-11-5-24-28-18(11)19(25-10(3)4)17(22)16(15)21/h5-10,25H,1-4H3,(H,24,28)(H,27,30). The molecule has 3 aromatic heterocycles. The third kappa shape index (κ3) is 3.45. The van der Waals surface area contributed by atoms with Crippen molar-refractivity contribution in [2.45, 2.75) is 33.7 Å². The monoisotopic (exact) mass is 429 g/mol. The Labute approximate surface area is 176 Å². The Morgan fingerprint density at radius 1 is 1.23 bits per heavy atom. The zero-order chi connectivity index (χ0) is 21.6. The van der Waals surface area contributed by atoms with Crippen molar-refractivity contribution in [3.8, 4) is 11.3 Å². The number of anilines is 2. The van der Waals surface area contributed by atoms with Crippen LogP contribution < -0.4 is 10.6 Å². The second-order valence-corrected chi connectivity index (χ2v) is 8.02. The second kappa shape index (κ2) is 7.56. The number of benzene rings is 1. The average molecular weight is 430 g/mol. The van der Waals surface area contributed by atoms with Crippen LogP contribution in [0.25, 0.3) is 27.8 Å². The van der Waals surface area contributed by atoms with Gasteiger partial charge < -0.3 is 15.0 Å². The van der Waals surface area contributed by atoms with Crippen LogP contribution in [-0.4, -0.2) is 36.5 Å². The molecule has 30 heavy (non-hydrogen) atoms. The summed E-state index contributed by atoms with van der Waals surface area (Å²) in [5.41, 5.74) is 2.20. The molecular weight excluding hydrogens is 409 g/mol. The summed E-state index contributed by atoms with van der Waals surface area (Å²) in [6, 6.07) is 0.00723. The van der Waals surface area contributed by atoms with Crippen LogP contribution in [0, 0.1) is 11.7 Å². The van der Waals surface area contributed by atoms with E-state index in [4.69, 9.17) is 11.6 Å². The summed E-state index contributed by atoms with van der Waals surface area (Å²) in [5, 5.41) is 13.3. The van der Waals surface area contributed by atoms with Gasteiger partial charge in [0.05, 0.1) is 40.5 Å². The molecule has 0 aliphatic rings. The summed E-state index contributed by atoms with van der Waals surface area (Å²) < 4.78 is 16.8. The number of halogens is 2. The first-order valence-corrected chi connectivity index (χ1v) is 9.90. The summed E-state index contributed by atoms with van der Waals surface area (Å²) >= 11 is 6.43. The van der Waals surface area contributed by atoms with E-state index in [1.165, 1.54) is 0 Å². The highest BCUT2D eigenvalue weighted by Crippen LogP contribution is 2.40. The van der Waals surface area contributed by atoms with Gasteiger partial charge in [0.1, 0.15) is 0 Å². The number of aromatic amines is 1. The first-order valence-electron chi connectivity index (χ1n) is 9.52. The molecule has 0 aliphatic carbocycles. The fourth-order valence-corrected chi connectivity index (χ4v) is 3.44. The van der Waals surface area contributed by atoms with Gasteiger partial charge in [-0.1, -0.05) is 25.4 Å². The van der Waals surface area contributed by atoms with E-state index in [1.54, 1.807) is 43.0 Å². The molecule has 1 aromatic carbocycles. The van der Waals surface area contributed by atoms with Crippen molar-refractivity contribution in [3.63, 3.8) is 0 Å². The third-order valence-electron chi connectivity index (χ3n) is 4.60. The summed E-state index contributed by atoms with van der Waals surface area (Å²) in [5.74, 6) is -0.466. The Balaban J connectivity index is 1.83. The molecule has 3 heterocycles. The first-order chi connectivity index (χ1) is 14.3. The zero-order valence-corrected chi connectivity index (χ0v) is 17.7. The van der Waals surface area contributed by atoms with E-state index >= 15 is 4.39 Å². The quantitative estimate of drug-likeness (QED) is 0.434. The minimum atomic E-state index is -0.575. The number of hydrogen-bond donors (Lipinski definition) is 3. The number of H-pyrrole nitrogens is 1. The molecule has 0 fully saturated rings. The lowest BCUT2D eigenvalue weighted by Gasteiger charge is -2.15. The highest BCUT2D eigenvalue weighted by atomic mass is 35.5. The van der Waals surface area contributed by atoms with Crippen molar-refractivity contribution in [1.29, 1.82) is 0 Å². The number of fused-ring (bicyclic) bond motifs is 2. The predicted octanol–water partition coefficient (Wildman–Crippen LogP) is 4.48. The van der Waals surface area contributed by atoms with Crippen LogP contribution in [0.3, 0.4) is 0 Å². The minimum Gasteiger partial charge on any atom is -0.379 e. The Hall–Kier alpha value is -3.20. The number of amides is 1. The molecular formula is C20H21ClFN7O. The topological polar surface area (TPSA) is 100 Å².